The number of hydrogen-bond acceptors (Lipinski definition) is 2. The number of rotatable bonds is 5. The number of amides is 1. The lowest BCUT2D eigenvalue weighted by Crippen LogP contribution is -2.51. The fourth-order valence-corrected chi connectivity index (χ4v) is 3.27. The van der Waals surface area contributed by atoms with Crippen LogP contribution >= 0.6 is 35.6 Å². The fraction of sp³-hybridized carbons (Fsp3) is 0.533. The Morgan fingerprint density at radius 1 is 1.29 bits per heavy atom. The molecule has 1 aliphatic carbocycles. The minimum absolute atomic E-state index is 0. The third-order valence-electron chi connectivity index (χ3n) is 3.99. The molecule has 0 saturated heterocycles. The maximum Gasteiger partial charge on any atom is 0.220 e. The van der Waals surface area contributed by atoms with Crippen molar-refractivity contribution in [2.75, 3.05) is 6.54 Å². The van der Waals surface area contributed by atoms with Crippen LogP contribution in [0.1, 0.15) is 37.7 Å². The van der Waals surface area contributed by atoms with E-state index in [9.17, 15) is 4.79 Å². The van der Waals surface area contributed by atoms with Crippen molar-refractivity contribution in [2.24, 2.45) is 5.73 Å². The molecular formula is C15H21Cl3N2O. The highest BCUT2D eigenvalue weighted by atomic mass is 35.5. The van der Waals surface area contributed by atoms with E-state index in [1.807, 2.05) is 6.07 Å². The van der Waals surface area contributed by atoms with Crippen molar-refractivity contribution in [1.82, 2.24) is 5.32 Å². The van der Waals surface area contributed by atoms with Gasteiger partial charge in [0.05, 0.1) is 5.54 Å². The summed E-state index contributed by atoms with van der Waals surface area (Å²) in [5.74, 6) is 0.0448. The van der Waals surface area contributed by atoms with E-state index >= 15 is 0 Å². The predicted molar refractivity (Wildman–Crippen MR) is 90.4 cm³/mol. The Hall–Kier alpha value is -0.480. The minimum atomic E-state index is -0.180. The molecule has 0 unspecified atom stereocenters. The van der Waals surface area contributed by atoms with Crippen LogP contribution in [-0.2, 0) is 11.2 Å². The maximum absolute atomic E-state index is 12.1. The van der Waals surface area contributed by atoms with Crippen LogP contribution in [0.2, 0.25) is 10.0 Å². The molecule has 1 aromatic rings. The number of carbonyl (C=O) groups is 1. The van der Waals surface area contributed by atoms with Gasteiger partial charge in [0.15, 0.2) is 0 Å². The summed E-state index contributed by atoms with van der Waals surface area (Å²) in [6.07, 6.45) is 5.28. The Kier molecular flexibility index (Phi) is 7.28. The molecule has 1 fully saturated rings. The second kappa shape index (κ2) is 8.23. The van der Waals surface area contributed by atoms with Gasteiger partial charge in [-0.3, -0.25) is 4.79 Å². The monoisotopic (exact) mass is 350 g/mol. The van der Waals surface area contributed by atoms with Gasteiger partial charge in [-0.15, -0.1) is 12.4 Å². The number of nitrogens with one attached hydrogen (secondary N) is 1. The molecular weight excluding hydrogens is 331 g/mol. The summed E-state index contributed by atoms with van der Waals surface area (Å²) in [5.41, 5.74) is 6.58. The molecule has 0 radical (unpaired) electrons. The van der Waals surface area contributed by atoms with Gasteiger partial charge in [0, 0.05) is 23.0 Å². The van der Waals surface area contributed by atoms with Crippen molar-refractivity contribution in [3.63, 3.8) is 0 Å². The number of carbonyl (C=O) groups excluding carboxylic acids is 1. The Balaban J connectivity index is 0.00000220. The van der Waals surface area contributed by atoms with E-state index in [1.54, 1.807) is 12.1 Å². The molecule has 0 atom stereocenters. The molecule has 1 aromatic carbocycles. The predicted octanol–water partition coefficient (Wildman–Crippen LogP) is 3.74. The molecule has 1 amide bonds. The van der Waals surface area contributed by atoms with E-state index in [-0.39, 0.29) is 23.9 Å². The largest absolute Gasteiger partial charge is 0.349 e. The number of nitrogens with two attached hydrogens (primary N) is 1. The maximum atomic E-state index is 12.1. The van der Waals surface area contributed by atoms with Crippen LogP contribution in [0, 0.1) is 0 Å². The molecule has 1 aliphatic rings. The van der Waals surface area contributed by atoms with Gasteiger partial charge in [0.1, 0.15) is 0 Å². The minimum Gasteiger partial charge on any atom is -0.349 e. The molecule has 3 N–H and O–H groups in total. The van der Waals surface area contributed by atoms with Crippen molar-refractivity contribution in [2.45, 2.75) is 44.1 Å². The number of aryl methyl sites for hydroxylation is 1. The standard InChI is InChI=1S/C15H20Cl2N2O.ClH/c16-12-5-3-11(13(17)9-12)4-6-14(20)19-15(10-18)7-1-2-8-15;/h3,5,9H,1-2,4,6-8,10,18H2,(H,19,20);1H. The Morgan fingerprint density at radius 3 is 2.52 bits per heavy atom. The Bertz CT molecular complexity index is 488. The van der Waals surface area contributed by atoms with Gasteiger partial charge >= 0.3 is 0 Å². The first-order chi connectivity index (χ1) is 9.54. The molecule has 3 nitrogen and oxygen atoms in total. The van der Waals surface area contributed by atoms with E-state index in [0.717, 1.165) is 31.2 Å². The first-order valence-electron chi connectivity index (χ1n) is 7.00. The average molecular weight is 352 g/mol. The zero-order chi connectivity index (χ0) is 14.6. The molecule has 0 aromatic heterocycles. The molecule has 2 rings (SSSR count). The van der Waals surface area contributed by atoms with Crippen LogP contribution in [0.25, 0.3) is 0 Å². The van der Waals surface area contributed by atoms with Gasteiger partial charge in [-0.05, 0) is 37.0 Å². The van der Waals surface area contributed by atoms with Crippen molar-refractivity contribution >= 4 is 41.5 Å². The van der Waals surface area contributed by atoms with Crippen LogP contribution in [0.15, 0.2) is 18.2 Å². The molecule has 6 heteroatoms. The highest BCUT2D eigenvalue weighted by Gasteiger charge is 2.33. The van der Waals surface area contributed by atoms with Crippen LogP contribution in [0.4, 0.5) is 0 Å². The van der Waals surface area contributed by atoms with E-state index in [4.69, 9.17) is 28.9 Å². The smallest absolute Gasteiger partial charge is 0.220 e. The fourth-order valence-electron chi connectivity index (χ4n) is 2.76. The van der Waals surface area contributed by atoms with Crippen LogP contribution in [0.3, 0.4) is 0 Å². The summed E-state index contributed by atoms with van der Waals surface area (Å²) in [5, 5.41) is 4.33. The summed E-state index contributed by atoms with van der Waals surface area (Å²) in [7, 11) is 0. The van der Waals surface area contributed by atoms with Gasteiger partial charge in [0.2, 0.25) is 5.91 Å². The third kappa shape index (κ3) is 5.03. The Labute approximate surface area is 142 Å². The van der Waals surface area contributed by atoms with Crippen molar-refractivity contribution in [1.29, 1.82) is 0 Å². The number of benzene rings is 1. The number of hydrogen-bond donors (Lipinski definition) is 2. The van der Waals surface area contributed by atoms with Crippen LogP contribution in [-0.4, -0.2) is 18.0 Å². The zero-order valence-electron chi connectivity index (χ0n) is 11.8. The van der Waals surface area contributed by atoms with Crippen LogP contribution < -0.4 is 11.1 Å². The normalized spacial score (nSPS) is 16.3. The molecule has 0 aliphatic heterocycles. The van der Waals surface area contributed by atoms with Gasteiger partial charge in [-0.2, -0.15) is 0 Å². The topological polar surface area (TPSA) is 55.1 Å². The van der Waals surface area contributed by atoms with Gasteiger partial charge in [0.25, 0.3) is 0 Å². The zero-order valence-corrected chi connectivity index (χ0v) is 14.2. The summed E-state index contributed by atoms with van der Waals surface area (Å²) in [6.45, 7) is 0.514. The molecule has 21 heavy (non-hydrogen) atoms. The number of halogens is 3. The third-order valence-corrected chi connectivity index (χ3v) is 4.58. The molecule has 0 spiro atoms. The average Bonchev–Trinajstić information content (AvgIpc) is 2.87. The Morgan fingerprint density at radius 2 is 1.95 bits per heavy atom. The summed E-state index contributed by atoms with van der Waals surface area (Å²) < 4.78 is 0. The summed E-state index contributed by atoms with van der Waals surface area (Å²) in [6, 6.07) is 5.36. The van der Waals surface area contributed by atoms with E-state index < -0.39 is 0 Å². The van der Waals surface area contributed by atoms with E-state index in [1.165, 1.54) is 0 Å². The lowest BCUT2D eigenvalue weighted by atomic mass is 9.97. The molecule has 118 valence electrons. The van der Waals surface area contributed by atoms with Crippen molar-refractivity contribution in [3.8, 4) is 0 Å². The lowest BCUT2D eigenvalue weighted by molar-refractivity contribution is -0.122. The van der Waals surface area contributed by atoms with E-state index in [0.29, 0.717) is 29.4 Å². The van der Waals surface area contributed by atoms with Crippen LogP contribution in [0.5, 0.6) is 0 Å². The molecule has 1 saturated carbocycles. The van der Waals surface area contributed by atoms with Crippen molar-refractivity contribution in [3.05, 3.63) is 33.8 Å². The second-order valence-electron chi connectivity index (χ2n) is 5.48. The SMILES string of the molecule is Cl.NCC1(NC(=O)CCc2ccc(Cl)cc2Cl)CCCC1. The first kappa shape index (κ1) is 18.6. The van der Waals surface area contributed by atoms with Gasteiger partial charge < -0.3 is 11.1 Å². The lowest BCUT2D eigenvalue weighted by Gasteiger charge is -2.28. The quantitative estimate of drug-likeness (QED) is 0.849. The van der Waals surface area contributed by atoms with E-state index in [2.05, 4.69) is 5.32 Å². The molecule has 0 bridgehead atoms. The molecule has 0 heterocycles. The summed E-state index contributed by atoms with van der Waals surface area (Å²) >= 11 is 12.0. The highest BCUT2D eigenvalue weighted by molar-refractivity contribution is 6.35. The van der Waals surface area contributed by atoms with Crippen molar-refractivity contribution < 1.29 is 4.79 Å². The van der Waals surface area contributed by atoms with Gasteiger partial charge in [-0.25, -0.2) is 0 Å². The summed E-state index contributed by atoms with van der Waals surface area (Å²) in [4.78, 5) is 12.1. The first-order valence-corrected chi connectivity index (χ1v) is 7.75. The second-order valence-corrected chi connectivity index (χ2v) is 6.32. The highest BCUT2D eigenvalue weighted by Crippen LogP contribution is 2.29. The van der Waals surface area contributed by atoms with Gasteiger partial charge in [-0.1, -0.05) is 42.1 Å².